The van der Waals surface area contributed by atoms with Gasteiger partial charge in [0.15, 0.2) is 11.2 Å². The molecule has 148 valence electrons. The first-order valence-electron chi connectivity index (χ1n) is 9.14. The van der Waals surface area contributed by atoms with Crippen molar-refractivity contribution in [3.8, 4) is 11.3 Å². The Bertz CT molecular complexity index is 1240. The van der Waals surface area contributed by atoms with E-state index in [4.69, 9.17) is 21.0 Å². The number of benzene rings is 1. The van der Waals surface area contributed by atoms with Gasteiger partial charge in [-0.3, -0.25) is 0 Å². The van der Waals surface area contributed by atoms with Crippen molar-refractivity contribution in [2.24, 2.45) is 0 Å². The number of fused-ring (bicyclic) bond motifs is 2. The number of aromatic nitrogens is 5. The van der Waals surface area contributed by atoms with E-state index in [1.807, 2.05) is 16.8 Å². The molecule has 5 rings (SSSR count). The molecule has 1 aromatic carbocycles. The van der Waals surface area contributed by atoms with Crippen molar-refractivity contribution < 1.29 is 14.3 Å². The van der Waals surface area contributed by atoms with Crippen LogP contribution in [-0.2, 0) is 0 Å². The number of anilines is 2. The normalized spacial score (nSPS) is 15.4. The molecule has 3 aromatic heterocycles. The van der Waals surface area contributed by atoms with E-state index >= 15 is 0 Å². The average molecular weight is 394 g/mol. The van der Waals surface area contributed by atoms with Gasteiger partial charge in [0.25, 0.3) is 6.01 Å². The fourth-order valence-corrected chi connectivity index (χ4v) is 3.85. The van der Waals surface area contributed by atoms with Crippen molar-refractivity contribution in [2.75, 3.05) is 24.6 Å². The molecule has 11 heteroatoms. The number of amides is 1. The molecule has 0 unspecified atom stereocenters. The number of likely N-dealkylation sites (tertiary alicyclic amines) is 1. The van der Waals surface area contributed by atoms with E-state index in [9.17, 15) is 9.90 Å². The Labute approximate surface area is 163 Å². The molecular weight excluding hydrogens is 376 g/mol. The number of hydrogen-bond donors (Lipinski definition) is 3. The second-order valence-electron chi connectivity index (χ2n) is 6.99. The van der Waals surface area contributed by atoms with E-state index < -0.39 is 6.09 Å². The molecule has 0 aliphatic carbocycles. The zero-order valence-corrected chi connectivity index (χ0v) is 15.3. The number of hydrogen-bond acceptors (Lipinski definition) is 8. The number of nitrogens with zero attached hydrogens (tertiary/aromatic N) is 6. The second-order valence-corrected chi connectivity index (χ2v) is 6.99. The van der Waals surface area contributed by atoms with Crippen LogP contribution in [0.2, 0.25) is 0 Å². The van der Waals surface area contributed by atoms with Crippen LogP contribution in [0.3, 0.4) is 0 Å². The fraction of sp³-hybridized carbons (Fsp3) is 0.278. The largest absolute Gasteiger partial charge is 0.465 e. The Morgan fingerprint density at radius 1 is 1.21 bits per heavy atom. The van der Waals surface area contributed by atoms with Gasteiger partial charge in [-0.25, -0.2) is 19.4 Å². The first-order valence-corrected chi connectivity index (χ1v) is 9.14. The SMILES string of the molecule is Nc1nc2cc(-c3nn(C4CCN(C(=O)O)CC4)c4ncnc(N)c34)ccc2o1. The van der Waals surface area contributed by atoms with Crippen LogP contribution >= 0.6 is 0 Å². The van der Waals surface area contributed by atoms with Gasteiger partial charge in [-0.05, 0) is 31.0 Å². The summed E-state index contributed by atoms with van der Waals surface area (Å²) in [6, 6.07) is 5.59. The summed E-state index contributed by atoms with van der Waals surface area (Å²) < 4.78 is 7.18. The lowest BCUT2D eigenvalue weighted by atomic mass is 10.1. The van der Waals surface area contributed by atoms with Crippen LogP contribution in [0.5, 0.6) is 0 Å². The highest BCUT2D eigenvalue weighted by Crippen LogP contribution is 2.35. The minimum absolute atomic E-state index is 0.0163. The summed E-state index contributed by atoms with van der Waals surface area (Å²) in [5.74, 6) is 0.332. The highest BCUT2D eigenvalue weighted by Gasteiger charge is 2.27. The number of piperidine rings is 1. The number of oxazole rings is 1. The van der Waals surface area contributed by atoms with Crippen LogP contribution in [0.1, 0.15) is 18.9 Å². The third kappa shape index (κ3) is 2.78. The quantitative estimate of drug-likeness (QED) is 0.462. The lowest BCUT2D eigenvalue weighted by molar-refractivity contribution is 0.124. The molecular formula is C18H18N8O3. The summed E-state index contributed by atoms with van der Waals surface area (Å²) in [7, 11) is 0. The molecule has 4 heterocycles. The lowest BCUT2D eigenvalue weighted by Gasteiger charge is -2.30. The molecule has 11 nitrogen and oxygen atoms in total. The smallest absolute Gasteiger partial charge is 0.407 e. The molecule has 1 amide bonds. The fourth-order valence-electron chi connectivity index (χ4n) is 3.85. The molecule has 1 aliphatic heterocycles. The first-order chi connectivity index (χ1) is 14.0. The van der Waals surface area contributed by atoms with Crippen LogP contribution in [0.4, 0.5) is 16.6 Å². The topological polar surface area (TPSA) is 162 Å². The Kier molecular flexibility index (Phi) is 3.76. The zero-order valence-electron chi connectivity index (χ0n) is 15.3. The lowest BCUT2D eigenvalue weighted by Crippen LogP contribution is -2.38. The second kappa shape index (κ2) is 6.33. The van der Waals surface area contributed by atoms with E-state index in [1.165, 1.54) is 11.2 Å². The maximum absolute atomic E-state index is 11.2. The minimum atomic E-state index is -0.902. The molecule has 0 atom stereocenters. The Morgan fingerprint density at radius 2 is 2.00 bits per heavy atom. The van der Waals surface area contributed by atoms with Gasteiger partial charge in [0.2, 0.25) is 0 Å². The van der Waals surface area contributed by atoms with Crippen molar-refractivity contribution in [3.63, 3.8) is 0 Å². The van der Waals surface area contributed by atoms with E-state index in [-0.39, 0.29) is 12.1 Å². The molecule has 1 aliphatic rings. The Hall–Kier alpha value is -3.89. The van der Waals surface area contributed by atoms with Gasteiger partial charge in [-0.1, -0.05) is 0 Å². The number of nitrogen functional groups attached to an aromatic ring is 2. The van der Waals surface area contributed by atoms with Gasteiger partial charge < -0.3 is 25.9 Å². The molecule has 1 saturated heterocycles. The summed E-state index contributed by atoms with van der Waals surface area (Å²) in [6.45, 7) is 0.892. The highest BCUT2D eigenvalue weighted by molar-refractivity contribution is 5.99. The van der Waals surface area contributed by atoms with Gasteiger partial charge >= 0.3 is 6.09 Å². The summed E-state index contributed by atoms with van der Waals surface area (Å²) in [5, 5.41) is 14.7. The minimum Gasteiger partial charge on any atom is -0.465 e. The van der Waals surface area contributed by atoms with Crippen LogP contribution in [0.25, 0.3) is 33.4 Å². The predicted molar refractivity (Wildman–Crippen MR) is 105 cm³/mol. The van der Waals surface area contributed by atoms with E-state index in [2.05, 4.69) is 15.0 Å². The molecule has 0 saturated carbocycles. The maximum atomic E-state index is 11.2. The third-order valence-electron chi connectivity index (χ3n) is 5.28. The monoisotopic (exact) mass is 394 g/mol. The Balaban J connectivity index is 1.62. The van der Waals surface area contributed by atoms with E-state index in [0.29, 0.717) is 59.6 Å². The van der Waals surface area contributed by atoms with Crippen LogP contribution in [0, 0.1) is 0 Å². The molecule has 0 bridgehead atoms. The first kappa shape index (κ1) is 17.2. The van der Waals surface area contributed by atoms with Gasteiger partial charge in [0.05, 0.1) is 11.4 Å². The van der Waals surface area contributed by atoms with Crippen molar-refractivity contribution in [1.29, 1.82) is 0 Å². The third-order valence-corrected chi connectivity index (χ3v) is 5.28. The highest BCUT2D eigenvalue weighted by atomic mass is 16.4. The predicted octanol–water partition coefficient (Wildman–Crippen LogP) is 2.11. The molecule has 4 aromatic rings. The number of carboxylic acid groups (broad SMARTS) is 1. The Morgan fingerprint density at radius 3 is 2.76 bits per heavy atom. The summed E-state index contributed by atoms with van der Waals surface area (Å²) in [6.07, 6.45) is 1.80. The molecule has 0 spiro atoms. The number of rotatable bonds is 2. The van der Waals surface area contributed by atoms with Crippen molar-refractivity contribution in [2.45, 2.75) is 18.9 Å². The van der Waals surface area contributed by atoms with E-state index in [1.54, 1.807) is 6.07 Å². The van der Waals surface area contributed by atoms with Gasteiger partial charge in [0, 0.05) is 18.7 Å². The van der Waals surface area contributed by atoms with E-state index in [0.717, 1.165) is 5.56 Å². The average Bonchev–Trinajstić information content (AvgIpc) is 3.28. The number of carbonyl (C=O) groups is 1. The van der Waals surface area contributed by atoms with Crippen LogP contribution in [0.15, 0.2) is 28.9 Å². The zero-order chi connectivity index (χ0) is 20.1. The molecule has 0 radical (unpaired) electrons. The summed E-state index contributed by atoms with van der Waals surface area (Å²) in [5.41, 5.74) is 15.1. The van der Waals surface area contributed by atoms with Crippen LogP contribution in [-0.4, -0.2) is 53.9 Å². The molecule has 1 fully saturated rings. The van der Waals surface area contributed by atoms with Gasteiger partial charge in [0.1, 0.15) is 23.4 Å². The summed E-state index contributed by atoms with van der Waals surface area (Å²) >= 11 is 0. The van der Waals surface area contributed by atoms with Crippen molar-refractivity contribution in [1.82, 2.24) is 29.6 Å². The van der Waals surface area contributed by atoms with Gasteiger partial charge in [-0.2, -0.15) is 10.1 Å². The van der Waals surface area contributed by atoms with Crippen molar-refractivity contribution in [3.05, 3.63) is 24.5 Å². The van der Waals surface area contributed by atoms with Gasteiger partial charge in [-0.15, -0.1) is 0 Å². The molecule has 29 heavy (non-hydrogen) atoms. The van der Waals surface area contributed by atoms with Crippen LogP contribution < -0.4 is 11.5 Å². The standard InChI is InChI=1S/C18H18N8O3/c19-15-13-14(9-1-2-12-11(7-9)23-17(20)29-12)24-26(16(13)22-8-21-15)10-3-5-25(6-4-10)18(27)28/h1-2,7-8,10H,3-6H2,(H2,20,23)(H,27,28)(H2,19,21,22). The van der Waals surface area contributed by atoms with Crippen molar-refractivity contribution >= 4 is 40.1 Å². The summed E-state index contributed by atoms with van der Waals surface area (Å²) in [4.78, 5) is 25.3. The molecule has 5 N–H and O–H groups in total. The maximum Gasteiger partial charge on any atom is 0.407 e. The number of nitrogens with two attached hydrogens (primary N) is 2.